The van der Waals surface area contributed by atoms with Crippen molar-refractivity contribution in [2.45, 2.75) is 13.0 Å². The largest absolute Gasteiger partial charge is 0.336 e. The van der Waals surface area contributed by atoms with E-state index in [2.05, 4.69) is 5.32 Å². The van der Waals surface area contributed by atoms with Crippen molar-refractivity contribution in [1.82, 2.24) is 9.80 Å². The predicted octanol–water partition coefficient (Wildman–Crippen LogP) is 3.92. The van der Waals surface area contributed by atoms with Crippen LogP contribution in [0.5, 0.6) is 0 Å². The Kier molecular flexibility index (Phi) is 6.54. The lowest BCUT2D eigenvalue weighted by atomic mass is 10.1. The second-order valence-corrected chi connectivity index (χ2v) is 7.50. The third-order valence-corrected chi connectivity index (χ3v) is 5.30. The van der Waals surface area contributed by atoms with Gasteiger partial charge in [0.15, 0.2) is 0 Å². The molecular formula is C20H20Cl2FN3O2. The second kappa shape index (κ2) is 8.90. The summed E-state index contributed by atoms with van der Waals surface area (Å²) >= 11 is 11.6. The van der Waals surface area contributed by atoms with Crippen LogP contribution in [-0.2, 0) is 4.79 Å². The molecule has 2 aromatic rings. The number of hydrogen-bond acceptors (Lipinski definition) is 3. The maximum absolute atomic E-state index is 13.9. The van der Waals surface area contributed by atoms with E-state index < -0.39 is 11.9 Å². The summed E-state index contributed by atoms with van der Waals surface area (Å²) in [5.74, 6) is -0.943. The first-order valence-corrected chi connectivity index (χ1v) is 9.65. The summed E-state index contributed by atoms with van der Waals surface area (Å²) in [7, 11) is 0. The highest BCUT2D eigenvalue weighted by atomic mass is 35.5. The number of nitrogens with one attached hydrogen (secondary N) is 1. The first kappa shape index (κ1) is 20.6. The van der Waals surface area contributed by atoms with Gasteiger partial charge in [-0.1, -0.05) is 23.2 Å². The van der Waals surface area contributed by atoms with Crippen LogP contribution in [0.4, 0.5) is 10.1 Å². The van der Waals surface area contributed by atoms with Crippen LogP contribution in [0.2, 0.25) is 10.0 Å². The number of carbonyl (C=O) groups excluding carboxylic acids is 2. The van der Waals surface area contributed by atoms with E-state index in [-0.39, 0.29) is 22.5 Å². The molecular weight excluding hydrogens is 404 g/mol. The molecule has 28 heavy (non-hydrogen) atoms. The van der Waals surface area contributed by atoms with E-state index >= 15 is 0 Å². The summed E-state index contributed by atoms with van der Waals surface area (Å²) in [4.78, 5) is 28.8. The number of nitrogens with zero attached hydrogens (tertiary/aromatic N) is 2. The molecule has 148 valence electrons. The van der Waals surface area contributed by atoms with Crippen LogP contribution in [0.15, 0.2) is 42.5 Å². The Morgan fingerprint density at radius 2 is 1.61 bits per heavy atom. The van der Waals surface area contributed by atoms with Crippen molar-refractivity contribution in [2.75, 3.05) is 31.5 Å². The average Bonchev–Trinajstić information content (AvgIpc) is 2.69. The van der Waals surface area contributed by atoms with Gasteiger partial charge in [-0.05, 0) is 49.4 Å². The monoisotopic (exact) mass is 423 g/mol. The maximum atomic E-state index is 13.9. The molecule has 1 N–H and O–H groups in total. The molecule has 0 aliphatic carbocycles. The predicted molar refractivity (Wildman–Crippen MR) is 108 cm³/mol. The Balaban J connectivity index is 1.55. The van der Waals surface area contributed by atoms with Gasteiger partial charge in [-0.3, -0.25) is 14.5 Å². The molecule has 0 spiro atoms. The van der Waals surface area contributed by atoms with Crippen LogP contribution in [0.1, 0.15) is 17.3 Å². The van der Waals surface area contributed by atoms with Gasteiger partial charge in [0.05, 0.1) is 11.7 Å². The number of rotatable bonds is 4. The molecule has 1 atom stereocenters. The highest BCUT2D eigenvalue weighted by Crippen LogP contribution is 2.20. The zero-order valence-electron chi connectivity index (χ0n) is 15.3. The van der Waals surface area contributed by atoms with E-state index in [1.807, 2.05) is 4.90 Å². The fourth-order valence-corrected chi connectivity index (χ4v) is 3.37. The SMILES string of the molecule is CC(C(=O)Nc1ccc(Cl)cc1F)N1CCN(C(=O)c2ccc(Cl)cc2)CC1. The minimum absolute atomic E-state index is 0.0587. The van der Waals surface area contributed by atoms with Gasteiger partial charge in [-0.25, -0.2) is 4.39 Å². The van der Waals surface area contributed by atoms with Gasteiger partial charge < -0.3 is 10.2 Å². The number of amides is 2. The Morgan fingerprint density at radius 1 is 1.00 bits per heavy atom. The quantitative estimate of drug-likeness (QED) is 0.810. The van der Waals surface area contributed by atoms with Gasteiger partial charge in [0.1, 0.15) is 5.82 Å². The molecule has 1 aliphatic rings. The lowest BCUT2D eigenvalue weighted by Crippen LogP contribution is -2.54. The Bertz CT molecular complexity index is 868. The fraction of sp³-hybridized carbons (Fsp3) is 0.300. The molecule has 1 heterocycles. The maximum Gasteiger partial charge on any atom is 0.253 e. The smallest absolute Gasteiger partial charge is 0.253 e. The van der Waals surface area contributed by atoms with Crippen LogP contribution in [0, 0.1) is 5.82 Å². The summed E-state index contributed by atoms with van der Waals surface area (Å²) in [5.41, 5.74) is 0.680. The molecule has 2 aromatic carbocycles. The molecule has 8 heteroatoms. The van der Waals surface area contributed by atoms with Gasteiger partial charge in [0.2, 0.25) is 5.91 Å². The minimum atomic E-state index is -0.577. The van der Waals surface area contributed by atoms with Gasteiger partial charge in [-0.2, -0.15) is 0 Å². The number of halogens is 3. The molecule has 1 unspecified atom stereocenters. The number of piperazine rings is 1. The van der Waals surface area contributed by atoms with Crippen LogP contribution in [0.3, 0.4) is 0 Å². The fourth-order valence-electron chi connectivity index (χ4n) is 3.08. The van der Waals surface area contributed by atoms with Crippen molar-refractivity contribution in [3.05, 3.63) is 63.9 Å². The Labute approximate surface area is 173 Å². The highest BCUT2D eigenvalue weighted by Gasteiger charge is 2.28. The van der Waals surface area contributed by atoms with Crippen molar-refractivity contribution in [2.24, 2.45) is 0 Å². The molecule has 0 radical (unpaired) electrons. The lowest BCUT2D eigenvalue weighted by Gasteiger charge is -2.37. The topological polar surface area (TPSA) is 52.7 Å². The molecule has 2 amide bonds. The Morgan fingerprint density at radius 3 is 2.21 bits per heavy atom. The van der Waals surface area contributed by atoms with Crippen LogP contribution in [-0.4, -0.2) is 53.8 Å². The molecule has 0 saturated carbocycles. The molecule has 1 fully saturated rings. The van der Waals surface area contributed by atoms with Crippen molar-refractivity contribution >= 4 is 40.7 Å². The van der Waals surface area contributed by atoms with Gasteiger partial charge >= 0.3 is 0 Å². The minimum Gasteiger partial charge on any atom is -0.336 e. The molecule has 1 aliphatic heterocycles. The molecule has 0 bridgehead atoms. The number of carbonyl (C=O) groups is 2. The van der Waals surface area contributed by atoms with Crippen molar-refractivity contribution in [3.8, 4) is 0 Å². The second-order valence-electron chi connectivity index (χ2n) is 6.62. The summed E-state index contributed by atoms with van der Waals surface area (Å²) in [5, 5.41) is 3.44. The molecule has 5 nitrogen and oxygen atoms in total. The first-order valence-electron chi connectivity index (χ1n) is 8.90. The van der Waals surface area contributed by atoms with E-state index in [0.717, 1.165) is 6.07 Å². The zero-order chi connectivity index (χ0) is 20.3. The lowest BCUT2D eigenvalue weighted by molar-refractivity contribution is -0.121. The summed E-state index contributed by atoms with van der Waals surface area (Å²) in [6.07, 6.45) is 0. The zero-order valence-corrected chi connectivity index (χ0v) is 16.8. The summed E-state index contributed by atoms with van der Waals surface area (Å²) in [6, 6.07) is 10.4. The summed E-state index contributed by atoms with van der Waals surface area (Å²) in [6.45, 7) is 3.89. The third-order valence-electron chi connectivity index (χ3n) is 4.81. The van der Waals surface area contributed by atoms with E-state index in [4.69, 9.17) is 23.2 Å². The summed E-state index contributed by atoms with van der Waals surface area (Å²) < 4.78 is 13.9. The molecule has 3 rings (SSSR count). The Hall–Kier alpha value is -2.15. The van der Waals surface area contributed by atoms with E-state index in [0.29, 0.717) is 36.8 Å². The third kappa shape index (κ3) is 4.82. The number of hydrogen-bond donors (Lipinski definition) is 1. The van der Waals surface area contributed by atoms with E-state index in [9.17, 15) is 14.0 Å². The van der Waals surface area contributed by atoms with E-state index in [1.54, 1.807) is 36.1 Å². The molecule has 1 saturated heterocycles. The number of anilines is 1. The number of benzene rings is 2. The van der Waals surface area contributed by atoms with Gasteiger partial charge in [-0.15, -0.1) is 0 Å². The van der Waals surface area contributed by atoms with Crippen LogP contribution in [0.25, 0.3) is 0 Å². The molecule has 0 aromatic heterocycles. The van der Waals surface area contributed by atoms with Crippen molar-refractivity contribution in [3.63, 3.8) is 0 Å². The van der Waals surface area contributed by atoms with Gasteiger partial charge in [0.25, 0.3) is 5.91 Å². The van der Waals surface area contributed by atoms with Crippen LogP contribution >= 0.6 is 23.2 Å². The standard InChI is InChI=1S/C20H20Cl2FN3O2/c1-13(19(27)24-18-7-6-16(22)12-17(18)23)25-8-10-26(11-9-25)20(28)14-2-4-15(21)5-3-14/h2-7,12-13H,8-11H2,1H3,(H,24,27). The van der Waals surface area contributed by atoms with E-state index in [1.165, 1.54) is 12.1 Å². The van der Waals surface area contributed by atoms with Crippen molar-refractivity contribution in [1.29, 1.82) is 0 Å². The van der Waals surface area contributed by atoms with Gasteiger partial charge in [0, 0.05) is 41.8 Å². The first-order chi connectivity index (χ1) is 13.3. The van der Waals surface area contributed by atoms with Crippen LogP contribution < -0.4 is 5.32 Å². The average molecular weight is 424 g/mol. The normalized spacial score (nSPS) is 15.9. The highest BCUT2D eigenvalue weighted by molar-refractivity contribution is 6.31. The van der Waals surface area contributed by atoms with Crippen molar-refractivity contribution < 1.29 is 14.0 Å².